The fraction of sp³-hybridized carbons (Fsp3) is 0.286. The van der Waals surface area contributed by atoms with Gasteiger partial charge in [-0.2, -0.15) is 0 Å². The minimum absolute atomic E-state index is 0.0107. The Morgan fingerprint density at radius 3 is 3.00 bits per heavy atom. The molecule has 29 heavy (non-hydrogen) atoms. The number of oxazole rings is 1. The van der Waals surface area contributed by atoms with Crippen molar-refractivity contribution in [3.8, 4) is 0 Å². The third kappa shape index (κ3) is 3.34. The molecule has 0 radical (unpaired) electrons. The van der Waals surface area contributed by atoms with Gasteiger partial charge in [-0.15, -0.1) is 11.3 Å². The van der Waals surface area contributed by atoms with Crippen molar-refractivity contribution in [3.05, 3.63) is 63.0 Å². The average Bonchev–Trinajstić information content (AvgIpc) is 3.41. The van der Waals surface area contributed by atoms with Crippen molar-refractivity contribution in [3.63, 3.8) is 0 Å². The maximum absolute atomic E-state index is 13.0. The zero-order valence-corrected chi connectivity index (χ0v) is 17.1. The molecule has 8 heteroatoms. The second kappa shape index (κ2) is 7.31. The van der Waals surface area contributed by atoms with Crippen molar-refractivity contribution in [1.29, 1.82) is 0 Å². The number of hydrogen-bond donors (Lipinski definition) is 0. The number of hydrogen-bond acceptors (Lipinski definition) is 5. The molecule has 1 unspecified atom stereocenters. The minimum atomic E-state index is -0.473. The molecule has 0 bridgehead atoms. The number of aromatic nitrogens is 2. The Morgan fingerprint density at radius 2 is 2.14 bits per heavy atom. The Hall–Kier alpha value is -2.64. The van der Waals surface area contributed by atoms with Crippen molar-refractivity contribution >= 4 is 50.2 Å². The number of aryl methyl sites for hydroxylation is 1. The van der Waals surface area contributed by atoms with Gasteiger partial charge in [-0.3, -0.25) is 9.36 Å². The monoisotopic (exact) mass is 427 g/mol. The summed E-state index contributed by atoms with van der Waals surface area (Å²) < 4.78 is 7.88. The third-order valence-electron chi connectivity index (χ3n) is 5.35. The third-order valence-corrected chi connectivity index (χ3v) is 6.72. The van der Waals surface area contributed by atoms with Crippen LogP contribution in [0.5, 0.6) is 0 Å². The molecule has 6 nitrogen and oxygen atoms in total. The van der Waals surface area contributed by atoms with E-state index in [1.165, 1.54) is 4.57 Å². The van der Waals surface area contributed by atoms with Crippen molar-refractivity contribution < 1.29 is 9.21 Å². The van der Waals surface area contributed by atoms with Gasteiger partial charge in [0.25, 0.3) is 0 Å². The summed E-state index contributed by atoms with van der Waals surface area (Å²) in [5.74, 6) is -0.443. The van der Waals surface area contributed by atoms with Gasteiger partial charge in [-0.05, 0) is 37.1 Å². The normalized spacial score (nSPS) is 16.9. The van der Waals surface area contributed by atoms with Gasteiger partial charge in [0.2, 0.25) is 5.91 Å². The highest BCUT2D eigenvalue weighted by molar-refractivity contribution is 7.18. The highest BCUT2D eigenvalue weighted by atomic mass is 35.5. The number of benzene rings is 2. The largest absolute Gasteiger partial charge is 0.419 e. The van der Waals surface area contributed by atoms with E-state index in [4.69, 9.17) is 21.0 Å². The van der Waals surface area contributed by atoms with Crippen molar-refractivity contribution in [1.82, 2.24) is 14.5 Å². The molecule has 2 aromatic carbocycles. The topological polar surface area (TPSA) is 68.3 Å². The molecule has 1 atom stereocenters. The zero-order chi connectivity index (χ0) is 20.0. The van der Waals surface area contributed by atoms with Crippen molar-refractivity contribution in [2.24, 2.45) is 0 Å². The Balaban J connectivity index is 1.35. The number of rotatable bonds is 4. The van der Waals surface area contributed by atoms with E-state index in [-0.39, 0.29) is 24.9 Å². The van der Waals surface area contributed by atoms with E-state index < -0.39 is 5.76 Å². The van der Waals surface area contributed by atoms with Gasteiger partial charge >= 0.3 is 5.76 Å². The molecule has 5 rings (SSSR count). The first kappa shape index (κ1) is 18.4. The number of carbonyl (C=O) groups is 1. The highest BCUT2D eigenvalue weighted by Gasteiger charge is 2.32. The van der Waals surface area contributed by atoms with Crippen molar-refractivity contribution in [2.45, 2.75) is 31.8 Å². The van der Waals surface area contributed by atoms with Crippen LogP contribution in [0.25, 0.3) is 21.3 Å². The van der Waals surface area contributed by atoms with Crippen LogP contribution < -0.4 is 5.76 Å². The number of para-hydroxylation sites is 1. The fourth-order valence-corrected chi connectivity index (χ4v) is 5.23. The summed E-state index contributed by atoms with van der Waals surface area (Å²) in [5.41, 5.74) is 2.06. The van der Waals surface area contributed by atoms with Crippen LogP contribution in [0.2, 0.25) is 5.02 Å². The van der Waals surface area contributed by atoms with E-state index in [0.29, 0.717) is 16.1 Å². The van der Waals surface area contributed by atoms with E-state index in [2.05, 4.69) is 6.07 Å². The molecule has 0 aliphatic carbocycles. The number of carbonyl (C=O) groups excluding carboxylic acids is 1. The molecule has 148 valence electrons. The molecule has 1 fully saturated rings. The maximum Gasteiger partial charge on any atom is 0.419 e. The molecule has 2 aromatic heterocycles. The molecular weight excluding hydrogens is 410 g/mol. The van der Waals surface area contributed by atoms with E-state index in [0.717, 1.165) is 34.6 Å². The lowest BCUT2D eigenvalue weighted by molar-refractivity contribution is -0.132. The van der Waals surface area contributed by atoms with Crippen LogP contribution in [0.15, 0.2) is 51.7 Å². The molecule has 0 spiro atoms. The summed E-state index contributed by atoms with van der Waals surface area (Å²) >= 11 is 7.61. The van der Waals surface area contributed by atoms with Gasteiger partial charge in [0, 0.05) is 30.6 Å². The first-order valence-corrected chi connectivity index (χ1v) is 10.7. The Bertz CT molecular complexity index is 1240. The van der Waals surface area contributed by atoms with Crippen LogP contribution in [-0.2, 0) is 11.3 Å². The molecule has 3 heterocycles. The molecule has 1 amide bonds. The summed E-state index contributed by atoms with van der Waals surface area (Å²) in [4.78, 5) is 31.8. The molecule has 1 saturated heterocycles. The lowest BCUT2D eigenvalue weighted by Crippen LogP contribution is -2.31. The zero-order valence-electron chi connectivity index (χ0n) is 15.5. The van der Waals surface area contributed by atoms with E-state index in [1.807, 2.05) is 23.1 Å². The lowest BCUT2D eigenvalue weighted by atomic mass is 10.2. The second-order valence-corrected chi connectivity index (χ2v) is 8.65. The summed E-state index contributed by atoms with van der Waals surface area (Å²) in [6.07, 6.45) is 2.11. The smallest absolute Gasteiger partial charge is 0.408 e. The SMILES string of the molecule is O=C(CCn1c(=O)oc2cc(Cl)ccc21)N1CCCC1c1nc2ccccc2s1. The predicted octanol–water partition coefficient (Wildman–Crippen LogP) is 4.61. The van der Waals surface area contributed by atoms with Gasteiger partial charge in [-0.1, -0.05) is 23.7 Å². The first-order chi connectivity index (χ1) is 14.1. The number of amides is 1. The summed E-state index contributed by atoms with van der Waals surface area (Å²) in [7, 11) is 0. The van der Waals surface area contributed by atoms with Gasteiger partial charge in [0.15, 0.2) is 5.58 Å². The van der Waals surface area contributed by atoms with E-state index in [9.17, 15) is 9.59 Å². The number of halogens is 1. The Labute approximate surface area is 175 Å². The van der Waals surface area contributed by atoms with Gasteiger partial charge < -0.3 is 9.32 Å². The highest BCUT2D eigenvalue weighted by Crippen LogP contribution is 2.36. The summed E-state index contributed by atoms with van der Waals surface area (Å²) in [5, 5.41) is 1.49. The standard InChI is InChI=1S/C21H18ClN3O3S/c22-13-7-8-15-17(12-13)28-21(27)25(15)11-9-19(26)24-10-3-5-16(24)20-23-14-4-1-2-6-18(14)29-20/h1-2,4,6-8,12,16H,3,5,9-11H2. The molecule has 1 aliphatic rings. The predicted molar refractivity (Wildman–Crippen MR) is 113 cm³/mol. The quantitative estimate of drug-likeness (QED) is 0.477. The Morgan fingerprint density at radius 1 is 1.28 bits per heavy atom. The maximum atomic E-state index is 13.0. The Kier molecular flexibility index (Phi) is 4.64. The average molecular weight is 428 g/mol. The van der Waals surface area contributed by atoms with Gasteiger partial charge in [0.05, 0.1) is 21.8 Å². The summed E-state index contributed by atoms with van der Waals surface area (Å²) in [6, 6.07) is 13.1. The first-order valence-electron chi connectivity index (χ1n) is 9.54. The fourth-order valence-electron chi connectivity index (χ4n) is 3.96. The molecule has 4 aromatic rings. The van der Waals surface area contributed by atoms with Crippen LogP contribution in [0.4, 0.5) is 0 Å². The number of nitrogens with zero attached hydrogens (tertiary/aromatic N) is 3. The molecule has 1 aliphatic heterocycles. The van der Waals surface area contributed by atoms with Crippen LogP contribution in [0.3, 0.4) is 0 Å². The van der Waals surface area contributed by atoms with Gasteiger partial charge in [0.1, 0.15) is 5.01 Å². The van der Waals surface area contributed by atoms with E-state index in [1.54, 1.807) is 29.5 Å². The molecule has 0 saturated carbocycles. The second-order valence-electron chi connectivity index (χ2n) is 7.15. The van der Waals surface area contributed by atoms with Crippen LogP contribution in [-0.4, -0.2) is 26.9 Å². The van der Waals surface area contributed by atoms with E-state index >= 15 is 0 Å². The molecule has 0 N–H and O–H groups in total. The number of thiazole rings is 1. The van der Waals surface area contributed by atoms with Crippen LogP contribution in [0.1, 0.15) is 30.3 Å². The van der Waals surface area contributed by atoms with Gasteiger partial charge in [-0.25, -0.2) is 9.78 Å². The van der Waals surface area contributed by atoms with Crippen LogP contribution in [0, 0.1) is 0 Å². The summed E-state index contributed by atoms with van der Waals surface area (Å²) in [6.45, 7) is 0.991. The van der Waals surface area contributed by atoms with Crippen LogP contribution >= 0.6 is 22.9 Å². The number of likely N-dealkylation sites (tertiary alicyclic amines) is 1. The minimum Gasteiger partial charge on any atom is -0.408 e. The number of fused-ring (bicyclic) bond motifs is 2. The van der Waals surface area contributed by atoms with Crippen molar-refractivity contribution in [2.75, 3.05) is 6.54 Å². The molecular formula is C21H18ClN3O3S. The lowest BCUT2D eigenvalue weighted by Gasteiger charge is -2.23.